The highest BCUT2D eigenvalue weighted by Gasteiger charge is 2.28. The number of piperazine rings is 1. The van der Waals surface area contributed by atoms with Crippen molar-refractivity contribution in [3.05, 3.63) is 89.1 Å². The van der Waals surface area contributed by atoms with Crippen molar-refractivity contribution in [2.75, 3.05) is 39.3 Å². The summed E-state index contributed by atoms with van der Waals surface area (Å²) in [6.45, 7) is 8.00. The molecule has 1 aromatic carbocycles. The van der Waals surface area contributed by atoms with E-state index >= 15 is 0 Å². The third-order valence-corrected chi connectivity index (χ3v) is 6.86. The highest BCUT2D eigenvalue weighted by atomic mass is 16.2. The van der Waals surface area contributed by atoms with Crippen molar-refractivity contribution in [3.63, 3.8) is 0 Å². The van der Waals surface area contributed by atoms with E-state index in [1.54, 1.807) is 12.4 Å². The average Bonchev–Trinajstić information content (AvgIpc) is 3.07. The van der Waals surface area contributed by atoms with E-state index < -0.39 is 0 Å². The Kier molecular flexibility index (Phi) is 6.59. The summed E-state index contributed by atoms with van der Waals surface area (Å²) in [6, 6.07) is 9.92. The first-order valence-electron chi connectivity index (χ1n) is 12.1. The van der Waals surface area contributed by atoms with Gasteiger partial charge in [0.2, 0.25) is 5.91 Å². The number of aliphatic imine (C=N–C) groups is 3. The molecule has 3 aliphatic heterocycles. The molecule has 0 N–H and O–H groups in total. The molecule has 1 amide bonds. The van der Waals surface area contributed by atoms with Crippen molar-refractivity contribution in [1.82, 2.24) is 14.7 Å². The molecule has 1 aromatic rings. The number of hydrogen-bond donors (Lipinski definition) is 0. The van der Waals surface area contributed by atoms with Crippen LogP contribution in [0.4, 0.5) is 0 Å². The normalized spacial score (nSPS) is 22.9. The number of rotatable bonds is 4. The molecule has 0 aromatic heterocycles. The molecule has 1 atom stereocenters. The van der Waals surface area contributed by atoms with Gasteiger partial charge in [0, 0.05) is 50.4 Å². The van der Waals surface area contributed by atoms with Gasteiger partial charge in [-0.15, -0.1) is 5.73 Å². The molecule has 1 fully saturated rings. The van der Waals surface area contributed by atoms with Crippen molar-refractivity contribution < 1.29 is 4.79 Å². The molecule has 178 valence electrons. The van der Waals surface area contributed by atoms with E-state index in [2.05, 4.69) is 47.7 Å². The topological polar surface area (TPSA) is 63.9 Å². The third kappa shape index (κ3) is 4.96. The summed E-state index contributed by atoms with van der Waals surface area (Å²) < 4.78 is 0. The molecule has 0 saturated carbocycles. The SMILES string of the molecule is CC1=CC=C=CC(N2CCN(C(=O)CN=C3CN4C=CN=CC4=NC3c3ccccc3)CC2)=C1C. The van der Waals surface area contributed by atoms with Crippen LogP contribution in [0.2, 0.25) is 0 Å². The fraction of sp³-hybridized carbons (Fsp3) is 0.321. The Morgan fingerprint density at radius 2 is 1.94 bits per heavy atom. The monoisotopic (exact) mass is 466 g/mol. The number of fused-ring (bicyclic) bond motifs is 1. The molecule has 1 unspecified atom stereocenters. The summed E-state index contributed by atoms with van der Waals surface area (Å²) in [6.07, 6.45) is 11.5. The van der Waals surface area contributed by atoms with Crippen LogP contribution in [0.1, 0.15) is 25.5 Å². The lowest BCUT2D eigenvalue weighted by atomic mass is 10.00. The van der Waals surface area contributed by atoms with E-state index in [0.717, 1.165) is 30.2 Å². The van der Waals surface area contributed by atoms with Crippen LogP contribution in [-0.2, 0) is 4.79 Å². The van der Waals surface area contributed by atoms with Gasteiger partial charge in [-0.3, -0.25) is 19.8 Å². The lowest BCUT2D eigenvalue weighted by molar-refractivity contribution is -0.131. The molecule has 35 heavy (non-hydrogen) atoms. The first-order chi connectivity index (χ1) is 17.1. The zero-order chi connectivity index (χ0) is 24.2. The molecule has 0 bridgehead atoms. The number of carbonyl (C=O) groups excluding carboxylic acids is 1. The van der Waals surface area contributed by atoms with Crippen molar-refractivity contribution in [2.45, 2.75) is 19.9 Å². The molecule has 0 spiro atoms. The standard InChI is InChI=1S/C28H30N6O/c1-21-8-6-7-11-25(22(21)2)32-14-16-33(17-15-32)27(35)19-30-24-20-34-13-12-29-18-26(34)31-28(24)23-9-4-3-5-10-23/h3-6,8-13,18,28H,14-17,19-20H2,1-2H3. The predicted molar refractivity (Wildman–Crippen MR) is 141 cm³/mol. The van der Waals surface area contributed by atoms with Gasteiger partial charge in [-0.1, -0.05) is 36.4 Å². The Labute approximate surface area is 206 Å². The van der Waals surface area contributed by atoms with Crippen LogP contribution in [0.3, 0.4) is 0 Å². The van der Waals surface area contributed by atoms with Gasteiger partial charge >= 0.3 is 0 Å². The maximum atomic E-state index is 13.1. The average molecular weight is 467 g/mol. The second-order valence-corrected chi connectivity index (χ2v) is 9.02. The van der Waals surface area contributed by atoms with Crippen molar-refractivity contribution in [2.24, 2.45) is 15.0 Å². The lowest BCUT2D eigenvalue weighted by Crippen LogP contribution is -2.49. The van der Waals surface area contributed by atoms with Crippen LogP contribution in [0.5, 0.6) is 0 Å². The number of allylic oxidation sites excluding steroid dienone is 4. The van der Waals surface area contributed by atoms with Crippen LogP contribution < -0.4 is 0 Å². The number of benzene rings is 1. The minimum absolute atomic E-state index is 0.0626. The van der Waals surface area contributed by atoms with Gasteiger partial charge in [0.05, 0.1) is 18.5 Å². The van der Waals surface area contributed by atoms with Gasteiger partial charge in [0.25, 0.3) is 0 Å². The number of amidine groups is 1. The smallest absolute Gasteiger partial charge is 0.244 e. The van der Waals surface area contributed by atoms with Gasteiger partial charge in [0.1, 0.15) is 18.4 Å². The third-order valence-electron chi connectivity index (χ3n) is 6.86. The molecule has 7 nitrogen and oxygen atoms in total. The molecular weight excluding hydrogens is 436 g/mol. The van der Waals surface area contributed by atoms with Crippen LogP contribution >= 0.6 is 0 Å². The van der Waals surface area contributed by atoms with E-state index in [0.29, 0.717) is 19.6 Å². The fourth-order valence-corrected chi connectivity index (χ4v) is 4.66. The van der Waals surface area contributed by atoms with Crippen LogP contribution in [0.25, 0.3) is 0 Å². The fourth-order valence-electron chi connectivity index (χ4n) is 4.66. The molecule has 5 rings (SSSR count). The van der Waals surface area contributed by atoms with E-state index in [9.17, 15) is 4.79 Å². The lowest BCUT2D eigenvalue weighted by Gasteiger charge is -2.37. The molecule has 7 heteroatoms. The van der Waals surface area contributed by atoms with Gasteiger partial charge in [-0.2, -0.15) is 0 Å². The van der Waals surface area contributed by atoms with E-state index in [4.69, 9.17) is 9.98 Å². The predicted octanol–water partition coefficient (Wildman–Crippen LogP) is 3.53. The Balaban J connectivity index is 1.27. The van der Waals surface area contributed by atoms with Crippen LogP contribution in [0, 0.1) is 0 Å². The van der Waals surface area contributed by atoms with Crippen molar-refractivity contribution in [3.8, 4) is 0 Å². The minimum atomic E-state index is -0.202. The summed E-state index contributed by atoms with van der Waals surface area (Å²) in [5.74, 6) is 0.882. The van der Waals surface area contributed by atoms with E-state index in [1.807, 2.05) is 46.4 Å². The first-order valence-corrected chi connectivity index (χ1v) is 12.1. The minimum Gasteiger partial charge on any atom is -0.367 e. The molecule has 1 aliphatic carbocycles. The van der Waals surface area contributed by atoms with Gasteiger partial charge in [-0.05, 0) is 36.6 Å². The number of hydrogen-bond acceptors (Lipinski definition) is 6. The summed E-state index contributed by atoms with van der Waals surface area (Å²) in [7, 11) is 0. The number of amides is 1. The first kappa shape index (κ1) is 22.8. The Morgan fingerprint density at radius 1 is 1.14 bits per heavy atom. The van der Waals surface area contributed by atoms with Gasteiger partial charge in [-0.25, -0.2) is 0 Å². The zero-order valence-electron chi connectivity index (χ0n) is 20.3. The summed E-state index contributed by atoms with van der Waals surface area (Å²) in [5.41, 5.74) is 8.90. The van der Waals surface area contributed by atoms with Gasteiger partial charge < -0.3 is 14.7 Å². The van der Waals surface area contributed by atoms with E-state index in [1.165, 1.54) is 16.8 Å². The largest absolute Gasteiger partial charge is 0.367 e. The molecular formula is C28H30N6O. The van der Waals surface area contributed by atoms with Crippen molar-refractivity contribution in [1.29, 1.82) is 0 Å². The van der Waals surface area contributed by atoms with E-state index in [-0.39, 0.29) is 18.5 Å². The maximum Gasteiger partial charge on any atom is 0.244 e. The quantitative estimate of drug-likeness (QED) is 0.638. The molecule has 1 saturated heterocycles. The highest BCUT2D eigenvalue weighted by molar-refractivity contribution is 6.32. The highest BCUT2D eigenvalue weighted by Crippen LogP contribution is 2.25. The Hall–Kier alpha value is -3.96. The van der Waals surface area contributed by atoms with Crippen LogP contribution in [0.15, 0.2) is 98.5 Å². The molecule has 4 aliphatic rings. The second-order valence-electron chi connectivity index (χ2n) is 9.02. The zero-order valence-corrected chi connectivity index (χ0v) is 20.3. The van der Waals surface area contributed by atoms with Crippen LogP contribution in [-0.4, -0.2) is 77.6 Å². The van der Waals surface area contributed by atoms with Gasteiger partial charge in [0.15, 0.2) is 0 Å². The summed E-state index contributed by atoms with van der Waals surface area (Å²) in [5, 5.41) is 0. The summed E-state index contributed by atoms with van der Waals surface area (Å²) in [4.78, 5) is 33.3. The number of nitrogens with zero attached hydrogens (tertiary/aromatic N) is 6. The summed E-state index contributed by atoms with van der Waals surface area (Å²) >= 11 is 0. The Bertz CT molecular complexity index is 1240. The maximum absolute atomic E-state index is 13.1. The molecule has 0 radical (unpaired) electrons. The molecule has 3 heterocycles. The number of carbonyl (C=O) groups is 1. The van der Waals surface area contributed by atoms with Crippen molar-refractivity contribution >= 4 is 23.7 Å². The Morgan fingerprint density at radius 3 is 2.74 bits per heavy atom. The second kappa shape index (κ2) is 10.1.